The lowest BCUT2D eigenvalue weighted by Crippen LogP contribution is -2.45. The van der Waals surface area contributed by atoms with Gasteiger partial charge in [-0.15, -0.1) is 0 Å². The van der Waals surface area contributed by atoms with E-state index in [-0.39, 0.29) is 6.04 Å². The summed E-state index contributed by atoms with van der Waals surface area (Å²) in [5.74, 6) is 0.414. The lowest BCUT2D eigenvalue weighted by atomic mass is 9.84. The van der Waals surface area contributed by atoms with Gasteiger partial charge in [0.2, 0.25) is 10.0 Å². The van der Waals surface area contributed by atoms with E-state index in [1.807, 2.05) is 6.20 Å². The van der Waals surface area contributed by atoms with Gasteiger partial charge in [0.1, 0.15) is 5.65 Å². The Bertz CT molecular complexity index is 950. The highest BCUT2D eigenvalue weighted by Gasteiger charge is 2.33. The summed E-state index contributed by atoms with van der Waals surface area (Å²) in [6.45, 7) is 8.54. The van der Waals surface area contributed by atoms with E-state index in [2.05, 4.69) is 31.7 Å². The van der Waals surface area contributed by atoms with Crippen LogP contribution in [0.2, 0.25) is 0 Å². The van der Waals surface area contributed by atoms with Crippen LogP contribution < -0.4 is 9.62 Å². The van der Waals surface area contributed by atoms with Gasteiger partial charge in [-0.1, -0.05) is 0 Å². The van der Waals surface area contributed by atoms with Crippen LogP contribution in [-0.2, 0) is 14.8 Å². The molecule has 4 rings (SSSR count). The molecule has 0 unspecified atom stereocenters. The fourth-order valence-corrected chi connectivity index (χ4v) is 5.28. The summed E-state index contributed by atoms with van der Waals surface area (Å²) in [5, 5.41) is 1.17. The number of H-pyrrole nitrogens is 1. The number of sulfonamides is 1. The molecule has 160 valence electrons. The molecule has 1 saturated carbocycles. The predicted octanol–water partition coefficient (Wildman–Crippen LogP) is 3.14. The van der Waals surface area contributed by atoms with Crippen molar-refractivity contribution in [2.75, 3.05) is 31.2 Å². The first-order valence-corrected chi connectivity index (χ1v) is 12.0. The molecule has 0 spiro atoms. The van der Waals surface area contributed by atoms with Crippen molar-refractivity contribution in [2.24, 2.45) is 0 Å². The third kappa shape index (κ3) is 4.29. The maximum Gasteiger partial charge on any atom is 0.216 e. The second kappa shape index (κ2) is 7.89. The minimum absolute atomic E-state index is 0.0295. The van der Waals surface area contributed by atoms with Crippen molar-refractivity contribution in [2.45, 2.75) is 63.2 Å². The van der Waals surface area contributed by atoms with Crippen LogP contribution in [0, 0.1) is 0 Å². The van der Waals surface area contributed by atoms with E-state index < -0.39 is 14.8 Å². The Hall–Kier alpha value is -1.64. The summed E-state index contributed by atoms with van der Waals surface area (Å²) in [6.07, 6.45) is 5.53. The molecule has 0 amide bonds. The number of morpholine rings is 1. The van der Waals surface area contributed by atoms with Crippen molar-refractivity contribution in [1.82, 2.24) is 14.7 Å². The van der Waals surface area contributed by atoms with E-state index in [9.17, 15) is 8.42 Å². The number of fused-ring (bicyclic) bond motifs is 1. The van der Waals surface area contributed by atoms with E-state index in [0.717, 1.165) is 57.6 Å². The summed E-state index contributed by atoms with van der Waals surface area (Å²) >= 11 is 0. The SMILES string of the molecule is CC(C)(C)S(=O)(=O)NC1CCC(c2cc3c(N4CCOCC4)ccnc3[nH]2)CC1. The minimum atomic E-state index is -3.30. The van der Waals surface area contributed by atoms with Gasteiger partial charge in [-0.2, -0.15) is 0 Å². The molecule has 2 fully saturated rings. The van der Waals surface area contributed by atoms with Crippen LogP contribution in [0.5, 0.6) is 0 Å². The number of anilines is 1. The molecule has 2 aromatic rings. The second-order valence-electron chi connectivity index (χ2n) is 9.20. The number of nitrogens with one attached hydrogen (secondary N) is 2. The molecule has 0 bridgehead atoms. The molecule has 7 nitrogen and oxygen atoms in total. The lowest BCUT2D eigenvalue weighted by Gasteiger charge is -2.31. The van der Waals surface area contributed by atoms with Crippen LogP contribution in [0.4, 0.5) is 5.69 Å². The van der Waals surface area contributed by atoms with Crippen LogP contribution >= 0.6 is 0 Å². The van der Waals surface area contributed by atoms with Gasteiger partial charge in [0, 0.05) is 42.1 Å². The number of aromatic amines is 1. The maximum atomic E-state index is 12.4. The first-order valence-electron chi connectivity index (χ1n) is 10.6. The number of hydrogen-bond donors (Lipinski definition) is 2. The second-order valence-corrected chi connectivity index (χ2v) is 11.7. The van der Waals surface area contributed by atoms with E-state index in [0.29, 0.717) is 5.92 Å². The molecule has 1 aliphatic heterocycles. The first kappa shape index (κ1) is 20.6. The summed E-state index contributed by atoms with van der Waals surface area (Å²) in [6, 6.07) is 4.36. The number of rotatable bonds is 4. The van der Waals surface area contributed by atoms with Crippen LogP contribution in [-0.4, -0.2) is 55.5 Å². The number of pyridine rings is 1. The first-order chi connectivity index (χ1) is 13.7. The fraction of sp³-hybridized carbons (Fsp3) is 0.667. The van der Waals surface area contributed by atoms with Gasteiger partial charge in [-0.05, 0) is 64.5 Å². The minimum Gasteiger partial charge on any atom is -0.378 e. The molecule has 0 aromatic carbocycles. The Balaban J connectivity index is 1.46. The van der Waals surface area contributed by atoms with E-state index >= 15 is 0 Å². The van der Waals surface area contributed by atoms with Gasteiger partial charge >= 0.3 is 0 Å². The Morgan fingerprint density at radius 1 is 1.17 bits per heavy atom. The maximum absolute atomic E-state index is 12.4. The van der Waals surface area contributed by atoms with Crippen molar-refractivity contribution < 1.29 is 13.2 Å². The Morgan fingerprint density at radius 2 is 1.86 bits per heavy atom. The Morgan fingerprint density at radius 3 is 2.52 bits per heavy atom. The highest BCUT2D eigenvalue weighted by molar-refractivity contribution is 7.90. The summed E-state index contributed by atoms with van der Waals surface area (Å²) < 4.78 is 32.5. The zero-order valence-electron chi connectivity index (χ0n) is 17.6. The average molecular weight is 421 g/mol. The zero-order valence-corrected chi connectivity index (χ0v) is 18.4. The zero-order chi connectivity index (χ0) is 20.6. The third-order valence-electron chi connectivity index (χ3n) is 6.18. The quantitative estimate of drug-likeness (QED) is 0.793. The summed E-state index contributed by atoms with van der Waals surface area (Å²) in [7, 11) is -3.30. The molecule has 29 heavy (non-hydrogen) atoms. The highest BCUT2D eigenvalue weighted by atomic mass is 32.2. The Labute approximate surface area is 173 Å². The van der Waals surface area contributed by atoms with Gasteiger partial charge in [0.25, 0.3) is 0 Å². The van der Waals surface area contributed by atoms with Gasteiger partial charge in [-0.25, -0.2) is 18.1 Å². The largest absolute Gasteiger partial charge is 0.378 e. The van der Waals surface area contributed by atoms with Crippen molar-refractivity contribution in [1.29, 1.82) is 0 Å². The smallest absolute Gasteiger partial charge is 0.216 e. The molecule has 2 aliphatic rings. The van der Waals surface area contributed by atoms with Crippen molar-refractivity contribution in [3.63, 3.8) is 0 Å². The molecule has 0 atom stereocenters. The Kier molecular flexibility index (Phi) is 5.61. The molecule has 2 aromatic heterocycles. The number of ether oxygens (including phenoxy) is 1. The van der Waals surface area contributed by atoms with E-state index in [1.165, 1.54) is 16.8 Å². The third-order valence-corrected chi connectivity index (χ3v) is 8.43. The van der Waals surface area contributed by atoms with Gasteiger partial charge in [0.15, 0.2) is 0 Å². The van der Waals surface area contributed by atoms with Crippen molar-refractivity contribution in [3.05, 3.63) is 24.0 Å². The molecule has 2 N–H and O–H groups in total. The number of aromatic nitrogens is 2. The standard InChI is InChI=1S/C21H32N4O3S/c1-21(2,3)29(26,27)24-16-6-4-15(5-7-16)18-14-17-19(8-9-22-20(17)23-18)25-10-12-28-13-11-25/h8-9,14-16,24H,4-7,10-13H2,1-3H3,(H,22,23). The lowest BCUT2D eigenvalue weighted by molar-refractivity contribution is 0.123. The predicted molar refractivity (Wildman–Crippen MR) is 116 cm³/mol. The van der Waals surface area contributed by atoms with Gasteiger partial charge in [-0.3, -0.25) is 0 Å². The molecular weight excluding hydrogens is 388 g/mol. The van der Waals surface area contributed by atoms with Crippen molar-refractivity contribution >= 4 is 26.7 Å². The number of nitrogens with zero attached hydrogens (tertiary/aromatic N) is 2. The molecule has 1 aliphatic carbocycles. The highest BCUT2D eigenvalue weighted by Crippen LogP contribution is 2.36. The van der Waals surface area contributed by atoms with Crippen LogP contribution in [0.15, 0.2) is 18.3 Å². The van der Waals surface area contributed by atoms with Gasteiger partial charge in [0.05, 0.1) is 18.0 Å². The summed E-state index contributed by atoms with van der Waals surface area (Å²) in [4.78, 5) is 10.4. The van der Waals surface area contributed by atoms with E-state index in [4.69, 9.17) is 4.74 Å². The van der Waals surface area contributed by atoms with Crippen LogP contribution in [0.25, 0.3) is 11.0 Å². The topological polar surface area (TPSA) is 87.3 Å². The van der Waals surface area contributed by atoms with E-state index in [1.54, 1.807) is 20.8 Å². The van der Waals surface area contributed by atoms with Crippen molar-refractivity contribution in [3.8, 4) is 0 Å². The average Bonchev–Trinajstić information content (AvgIpc) is 3.12. The molecular formula is C21H32N4O3S. The van der Waals surface area contributed by atoms with Gasteiger partial charge < -0.3 is 14.6 Å². The normalized spacial score (nSPS) is 24.2. The molecule has 1 saturated heterocycles. The fourth-order valence-electron chi connectivity index (χ4n) is 4.25. The molecule has 0 radical (unpaired) electrons. The molecule has 8 heteroatoms. The van der Waals surface area contributed by atoms with Crippen LogP contribution in [0.1, 0.15) is 58.1 Å². The monoisotopic (exact) mass is 420 g/mol. The molecule has 3 heterocycles. The van der Waals surface area contributed by atoms with Crippen LogP contribution in [0.3, 0.4) is 0 Å². The summed E-state index contributed by atoms with van der Waals surface area (Å²) in [5.41, 5.74) is 3.36. The number of hydrogen-bond acceptors (Lipinski definition) is 5.